The molecular formula is C19H19F3N6O3S. The van der Waals surface area contributed by atoms with E-state index in [0.29, 0.717) is 23.8 Å². The summed E-state index contributed by atoms with van der Waals surface area (Å²) in [6, 6.07) is 9.65. The summed E-state index contributed by atoms with van der Waals surface area (Å²) >= 11 is 1.42. The molecule has 0 bridgehead atoms. The predicted octanol–water partition coefficient (Wildman–Crippen LogP) is 2.47. The molecule has 0 unspecified atom stereocenters. The van der Waals surface area contributed by atoms with E-state index < -0.39 is 12.1 Å². The van der Waals surface area contributed by atoms with Crippen molar-refractivity contribution in [3.8, 4) is 0 Å². The van der Waals surface area contributed by atoms with Crippen molar-refractivity contribution in [3.63, 3.8) is 0 Å². The number of amides is 1. The van der Waals surface area contributed by atoms with Crippen LogP contribution < -0.4 is 5.73 Å². The van der Waals surface area contributed by atoms with Crippen LogP contribution in [0.5, 0.6) is 0 Å². The molecule has 3 N–H and O–H groups in total. The van der Waals surface area contributed by atoms with Crippen LogP contribution in [0.4, 0.5) is 13.2 Å². The Morgan fingerprint density at radius 1 is 1.12 bits per heavy atom. The second kappa shape index (κ2) is 9.96. The fourth-order valence-electron chi connectivity index (χ4n) is 2.84. The van der Waals surface area contributed by atoms with Crippen molar-refractivity contribution in [3.05, 3.63) is 48.4 Å². The summed E-state index contributed by atoms with van der Waals surface area (Å²) in [7, 11) is 0. The number of carbonyl (C=O) groups is 2. The first kappa shape index (κ1) is 23.5. The van der Waals surface area contributed by atoms with Gasteiger partial charge in [-0.2, -0.15) is 13.2 Å². The van der Waals surface area contributed by atoms with Gasteiger partial charge < -0.3 is 15.7 Å². The Hall–Kier alpha value is -3.19. The standard InChI is InChI=1S/C17H18N6OS.C2HF3O2/c18-12-6-9-22(10-7-12)16(24)14-4-5-15(21-20-14)25-17-19-11-13-3-1-2-8-23(13)17;3-2(4,5)1(6)7/h1-5,8,11-12H,6-7,9-10,18H2;(H,6,7). The van der Waals surface area contributed by atoms with E-state index in [9.17, 15) is 18.0 Å². The molecule has 32 heavy (non-hydrogen) atoms. The number of piperidine rings is 1. The number of carboxylic acid groups (broad SMARTS) is 1. The van der Waals surface area contributed by atoms with Gasteiger partial charge in [0.2, 0.25) is 0 Å². The highest BCUT2D eigenvalue weighted by molar-refractivity contribution is 7.99. The van der Waals surface area contributed by atoms with Crippen molar-refractivity contribution in [1.29, 1.82) is 0 Å². The monoisotopic (exact) mass is 468 g/mol. The third-order valence-corrected chi connectivity index (χ3v) is 5.44. The summed E-state index contributed by atoms with van der Waals surface area (Å²) in [4.78, 5) is 27.6. The second-order valence-corrected chi connectivity index (χ2v) is 7.82. The molecule has 1 amide bonds. The zero-order valence-corrected chi connectivity index (χ0v) is 17.4. The van der Waals surface area contributed by atoms with Crippen LogP contribution in [-0.2, 0) is 4.79 Å². The molecule has 3 aromatic heterocycles. The third-order valence-electron chi connectivity index (χ3n) is 4.53. The number of nitrogens with zero attached hydrogens (tertiary/aromatic N) is 5. The van der Waals surface area contributed by atoms with Gasteiger partial charge in [0.15, 0.2) is 10.9 Å². The molecule has 9 nitrogen and oxygen atoms in total. The van der Waals surface area contributed by atoms with Gasteiger partial charge in [-0.3, -0.25) is 9.20 Å². The summed E-state index contributed by atoms with van der Waals surface area (Å²) in [5.41, 5.74) is 7.27. The normalized spacial score (nSPS) is 14.7. The quantitative estimate of drug-likeness (QED) is 0.600. The molecule has 1 fully saturated rings. The van der Waals surface area contributed by atoms with Crippen molar-refractivity contribution >= 4 is 29.2 Å². The van der Waals surface area contributed by atoms with Gasteiger partial charge in [0.25, 0.3) is 5.91 Å². The van der Waals surface area contributed by atoms with Crippen molar-refractivity contribution in [1.82, 2.24) is 24.5 Å². The second-order valence-electron chi connectivity index (χ2n) is 6.83. The van der Waals surface area contributed by atoms with Crippen LogP contribution in [0.2, 0.25) is 0 Å². The van der Waals surface area contributed by atoms with Gasteiger partial charge in [0.05, 0.1) is 11.7 Å². The maximum Gasteiger partial charge on any atom is 0.490 e. The minimum Gasteiger partial charge on any atom is -0.475 e. The molecule has 1 aliphatic heterocycles. The number of halogens is 3. The molecule has 0 aromatic carbocycles. The molecule has 1 saturated heterocycles. The lowest BCUT2D eigenvalue weighted by Gasteiger charge is -2.29. The van der Waals surface area contributed by atoms with Crippen LogP contribution in [0.1, 0.15) is 23.3 Å². The largest absolute Gasteiger partial charge is 0.490 e. The molecule has 170 valence electrons. The van der Waals surface area contributed by atoms with E-state index in [2.05, 4.69) is 15.2 Å². The number of carbonyl (C=O) groups excluding carboxylic acids is 1. The minimum absolute atomic E-state index is 0.0813. The van der Waals surface area contributed by atoms with E-state index in [1.165, 1.54) is 11.8 Å². The number of hydrogen-bond acceptors (Lipinski definition) is 7. The predicted molar refractivity (Wildman–Crippen MR) is 108 cm³/mol. The topological polar surface area (TPSA) is 127 Å². The number of imidazole rings is 1. The van der Waals surface area contributed by atoms with Crippen molar-refractivity contribution in [2.24, 2.45) is 5.73 Å². The van der Waals surface area contributed by atoms with Gasteiger partial charge in [-0.25, -0.2) is 9.78 Å². The Kier molecular flexibility index (Phi) is 7.30. The van der Waals surface area contributed by atoms with E-state index >= 15 is 0 Å². The van der Waals surface area contributed by atoms with Gasteiger partial charge in [-0.15, -0.1) is 10.2 Å². The van der Waals surface area contributed by atoms with Crippen LogP contribution in [-0.4, -0.2) is 66.8 Å². The number of rotatable bonds is 3. The number of nitrogens with two attached hydrogens (primary N) is 1. The van der Waals surface area contributed by atoms with Gasteiger partial charge in [0, 0.05) is 25.3 Å². The number of likely N-dealkylation sites (tertiary alicyclic amines) is 1. The molecule has 4 rings (SSSR count). The summed E-state index contributed by atoms with van der Waals surface area (Å²) in [6.07, 6.45) is 0.353. The zero-order valence-electron chi connectivity index (χ0n) is 16.6. The van der Waals surface area contributed by atoms with Crippen molar-refractivity contribution < 1.29 is 27.9 Å². The van der Waals surface area contributed by atoms with E-state index in [-0.39, 0.29) is 11.9 Å². The Morgan fingerprint density at radius 3 is 2.41 bits per heavy atom. The lowest BCUT2D eigenvalue weighted by Crippen LogP contribution is -2.43. The lowest BCUT2D eigenvalue weighted by molar-refractivity contribution is -0.192. The fraction of sp³-hybridized carbons (Fsp3) is 0.316. The van der Waals surface area contributed by atoms with Gasteiger partial charge in [0.1, 0.15) is 5.03 Å². The molecular weight excluding hydrogens is 449 g/mol. The first-order valence-electron chi connectivity index (χ1n) is 9.44. The Morgan fingerprint density at radius 2 is 1.81 bits per heavy atom. The summed E-state index contributed by atoms with van der Waals surface area (Å²) in [6.45, 7) is 1.36. The van der Waals surface area contributed by atoms with E-state index in [0.717, 1.165) is 23.5 Å². The van der Waals surface area contributed by atoms with Crippen LogP contribution in [0.3, 0.4) is 0 Å². The molecule has 3 aromatic rings. The summed E-state index contributed by atoms with van der Waals surface area (Å²) in [5, 5.41) is 16.9. The minimum atomic E-state index is -5.08. The van der Waals surface area contributed by atoms with Crippen LogP contribution in [0.25, 0.3) is 5.52 Å². The first-order chi connectivity index (χ1) is 15.1. The average Bonchev–Trinajstić information content (AvgIpc) is 3.17. The van der Waals surface area contributed by atoms with Gasteiger partial charge >= 0.3 is 12.1 Å². The van der Waals surface area contributed by atoms with Crippen LogP contribution >= 0.6 is 11.8 Å². The molecule has 0 spiro atoms. The molecule has 0 atom stereocenters. The zero-order chi connectivity index (χ0) is 23.3. The van der Waals surface area contributed by atoms with Crippen molar-refractivity contribution in [2.75, 3.05) is 13.1 Å². The fourth-order valence-corrected chi connectivity index (χ4v) is 3.62. The number of aliphatic carboxylic acids is 1. The smallest absolute Gasteiger partial charge is 0.475 e. The molecule has 4 heterocycles. The van der Waals surface area contributed by atoms with E-state index in [1.54, 1.807) is 11.0 Å². The lowest BCUT2D eigenvalue weighted by atomic mass is 10.1. The highest BCUT2D eigenvalue weighted by atomic mass is 32.2. The highest BCUT2D eigenvalue weighted by Crippen LogP contribution is 2.25. The summed E-state index contributed by atoms with van der Waals surface area (Å²) < 4.78 is 33.7. The van der Waals surface area contributed by atoms with E-state index in [1.807, 2.05) is 41.1 Å². The first-order valence-corrected chi connectivity index (χ1v) is 10.3. The van der Waals surface area contributed by atoms with Crippen molar-refractivity contribution in [2.45, 2.75) is 35.2 Å². The van der Waals surface area contributed by atoms with Gasteiger partial charge in [-0.1, -0.05) is 6.07 Å². The molecule has 0 saturated carbocycles. The molecule has 0 radical (unpaired) electrons. The molecule has 0 aliphatic carbocycles. The maximum atomic E-state index is 12.5. The number of fused-ring (bicyclic) bond motifs is 1. The molecule has 13 heteroatoms. The highest BCUT2D eigenvalue weighted by Gasteiger charge is 2.38. The van der Waals surface area contributed by atoms with Gasteiger partial charge in [-0.05, 0) is 48.9 Å². The Labute approximate surface area is 184 Å². The van der Waals surface area contributed by atoms with Crippen LogP contribution in [0.15, 0.2) is 52.9 Å². The van der Waals surface area contributed by atoms with E-state index in [4.69, 9.17) is 15.6 Å². The number of alkyl halides is 3. The Bertz CT molecular complexity index is 1080. The number of pyridine rings is 1. The maximum absolute atomic E-state index is 12.5. The SMILES string of the molecule is NC1CCN(C(=O)c2ccc(Sc3ncc4ccccn34)nn2)CC1.O=C(O)C(F)(F)F. The van der Waals surface area contributed by atoms with Crippen LogP contribution in [0, 0.1) is 0 Å². The third kappa shape index (κ3) is 5.95. The number of hydrogen-bond donors (Lipinski definition) is 2. The number of carboxylic acids is 1. The number of aromatic nitrogens is 4. The Balaban J connectivity index is 0.000000360. The molecule has 1 aliphatic rings. The average molecular weight is 468 g/mol. The summed E-state index contributed by atoms with van der Waals surface area (Å²) in [5.74, 6) is -2.84.